The fourth-order valence-electron chi connectivity index (χ4n) is 3.41. The molecule has 0 radical (unpaired) electrons. The molecular weight excluding hydrogens is 392 g/mol. The summed E-state index contributed by atoms with van der Waals surface area (Å²) in [5, 5.41) is 8.06. The molecule has 156 valence electrons. The average Bonchev–Trinajstić information content (AvgIpc) is 2.74. The molecule has 0 aliphatic carbocycles. The number of anilines is 1. The number of carbonyl (C=O) groups is 1. The van der Waals surface area contributed by atoms with Crippen molar-refractivity contribution in [3.8, 4) is 5.69 Å². The van der Waals surface area contributed by atoms with Crippen molar-refractivity contribution in [1.29, 1.82) is 0 Å². The summed E-state index contributed by atoms with van der Waals surface area (Å²) in [5.74, 6) is 0.843. The minimum atomic E-state index is -0.211. The molecule has 1 amide bonds. The number of rotatable bonds is 8. The molecule has 1 N–H and O–H groups in total. The van der Waals surface area contributed by atoms with E-state index in [-0.39, 0.29) is 17.4 Å². The number of nitrogens with one attached hydrogen (secondary N) is 1. The third kappa shape index (κ3) is 5.81. The highest BCUT2D eigenvalue weighted by molar-refractivity contribution is 6.30. The van der Waals surface area contributed by atoms with Crippen molar-refractivity contribution in [3.05, 3.63) is 51.8 Å². The van der Waals surface area contributed by atoms with Crippen LogP contribution in [0.3, 0.4) is 0 Å². The van der Waals surface area contributed by atoms with Gasteiger partial charge in [0.2, 0.25) is 5.91 Å². The Hall–Kier alpha value is -2.38. The van der Waals surface area contributed by atoms with Crippen LogP contribution in [0.15, 0.2) is 41.2 Å². The first kappa shape index (κ1) is 21.3. The van der Waals surface area contributed by atoms with E-state index in [1.54, 1.807) is 30.3 Å². The molecule has 1 aromatic heterocycles. The number of carbonyl (C=O) groups excluding carboxylic acids is 1. The van der Waals surface area contributed by atoms with E-state index in [0.29, 0.717) is 30.5 Å². The Balaban J connectivity index is 1.58. The maximum absolute atomic E-state index is 12.3. The minimum absolute atomic E-state index is 0.0113. The van der Waals surface area contributed by atoms with Crippen LogP contribution in [0.25, 0.3) is 5.69 Å². The highest BCUT2D eigenvalue weighted by Crippen LogP contribution is 2.22. The van der Waals surface area contributed by atoms with Gasteiger partial charge in [0, 0.05) is 49.9 Å². The number of hydrogen-bond donors (Lipinski definition) is 1. The molecule has 1 aliphatic rings. The van der Waals surface area contributed by atoms with E-state index >= 15 is 0 Å². The molecule has 29 heavy (non-hydrogen) atoms. The predicted octanol–water partition coefficient (Wildman–Crippen LogP) is 2.65. The number of amides is 1. The number of aromatic nitrogens is 2. The number of piperidine rings is 1. The lowest BCUT2D eigenvalue weighted by Gasteiger charge is -2.32. The van der Waals surface area contributed by atoms with Crippen LogP contribution in [-0.2, 0) is 9.53 Å². The first-order chi connectivity index (χ1) is 14.1. The van der Waals surface area contributed by atoms with Crippen LogP contribution in [0.4, 0.5) is 5.82 Å². The Morgan fingerprint density at radius 3 is 2.79 bits per heavy atom. The Bertz CT molecular complexity index is 878. The van der Waals surface area contributed by atoms with Crippen molar-refractivity contribution in [2.45, 2.75) is 26.2 Å². The van der Waals surface area contributed by atoms with Gasteiger partial charge in [-0.2, -0.15) is 4.68 Å². The number of benzene rings is 1. The van der Waals surface area contributed by atoms with Gasteiger partial charge in [-0.3, -0.25) is 9.59 Å². The molecule has 0 bridgehead atoms. The molecule has 2 heterocycles. The number of ether oxygens (including phenoxy) is 1. The summed E-state index contributed by atoms with van der Waals surface area (Å²) in [5.41, 5.74) is 0.419. The fourth-order valence-corrected chi connectivity index (χ4v) is 3.59. The monoisotopic (exact) mass is 418 g/mol. The molecule has 0 saturated carbocycles. The molecular formula is C21H27ClN4O3. The maximum atomic E-state index is 12.3. The first-order valence-corrected chi connectivity index (χ1v) is 10.4. The second-order valence-electron chi connectivity index (χ2n) is 7.02. The lowest BCUT2D eigenvalue weighted by atomic mass is 9.96. The molecule has 7 nitrogen and oxygen atoms in total. The number of hydrogen-bond acceptors (Lipinski definition) is 5. The molecule has 0 unspecified atom stereocenters. The van der Waals surface area contributed by atoms with Gasteiger partial charge >= 0.3 is 0 Å². The summed E-state index contributed by atoms with van der Waals surface area (Å²) in [6.45, 7) is 5.41. The average molecular weight is 419 g/mol. The van der Waals surface area contributed by atoms with Crippen LogP contribution in [0.1, 0.15) is 26.2 Å². The van der Waals surface area contributed by atoms with Gasteiger partial charge in [-0.25, -0.2) is 0 Å². The van der Waals surface area contributed by atoms with Crippen LogP contribution >= 0.6 is 11.6 Å². The lowest BCUT2D eigenvalue weighted by molar-refractivity contribution is -0.125. The Morgan fingerprint density at radius 2 is 2.07 bits per heavy atom. The topological polar surface area (TPSA) is 76.5 Å². The second-order valence-corrected chi connectivity index (χ2v) is 7.46. The lowest BCUT2D eigenvalue weighted by Crippen LogP contribution is -2.41. The van der Waals surface area contributed by atoms with E-state index in [9.17, 15) is 9.59 Å². The first-order valence-electron chi connectivity index (χ1n) is 10.0. The molecule has 1 aliphatic heterocycles. The summed E-state index contributed by atoms with van der Waals surface area (Å²) < 4.78 is 6.64. The van der Waals surface area contributed by atoms with Gasteiger partial charge in [0.25, 0.3) is 5.56 Å². The smallest absolute Gasteiger partial charge is 0.271 e. The normalized spacial score (nSPS) is 14.8. The summed E-state index contributed by atoms with van der Waals surface area (Å²) in [4.78, 5) is 26.7. The van der Waals surface area contributed by atoms with E-state index < -0.39 is 0 Å². The predicted molar refractivity (Wildman–Crippen MR) is 114 cm³/mol. The van der Waals surface area contributed by atoms with Crippen LogP contribution < -0.4 is 15.8 Å². The highest BCUT2D eigenvalue weighted by Gasteiger charge is 2.25. The molecule has 1 fully saturated rings. The zero-order valence-electron chi connectivity index (χ0n) is 16.6. The molecule has 2 aromatic rings. The largest absolute Gasteiger partial charge is 0.382 e. The summed E-state index contributed by atoms with van der Waals surface area (Å²) >= 11 is 6.04. The maximum Gasteiger partial charge on any atom is 0.271 e. The molecule has 1 saturated heterocycles. The standard InChI is InChI=1S/C21H27ClN4O3/c1-2-29-14-4-11-23-21(28)16-9-12-25(13-10-16)19-7-8-20(27)26(24-19)18-6-3-5-17(22)15-18/h3,5-8,15-16H,2,4,9-14H2,1H3,(H,23,28). The minimum Gasteiger partial charge on any atom is -0.382 e. The van der Waals surface area contributed by atoms with Crippen molar-refractivity contribution in [2.75, 3.05) is 37.7 Å². The summed E-state index contributed by atoms with van der Waals surface area (Å²) in [6.07, 6.45) is 2.35. The van der Waals surface area contributed by atoms with E-state index in [1.807, 2.05) is 6.92 Å². The molecule has 1 aromatic carbocycles. The Morgan fingerprint density at radius 1 is 1.28 bits per heavy atom. The molecule has 8 heteroatoms. The highest BCUT2D eigenvalue weighted by atomic mass is 35.5. The van der Waals surface area contributed by atoms with E-state index in [4.69, 9.17) is 16.3 Å². The van der Waals surface area contributed by atoms with Crippen LogP contribution in [0, 0.1) is 5.92 Å². The van der Waals surface area contributed by atoms with Crippen molar-refractivity contribution in [2.24, 2.45) is 5.92 Å². The molecule has 0 spiro atoms. The second kappa shape index (κ2) is 10.4. The van der Waals surface area contributed by atoms with E-state index in [0.717, 1.165) is 38.2 Å². The quantitative estimate of drug-likeness (QED) is 0.667. The van der Waals surface area contributed by atoms with Crippen molar-refractivity contribution in [3.63, 3.8) is 0 Å². The number of halogens is 1. The van der Waals surface area contributed by atoms with Crippen molar-refractivity contribution >= 4 is 23.3 Å². The SMILES string of the molecule is CCOCCCNC(=O)C1CCN(c2ccc(=O)n(-c3cccc(Cl)c3)n2)CC1. The van der Waals surface area contributed by atoms with Crippen LogP contribution in [0.5, 0.6) is 0 Å². The number of nitrogens with zero attached hydrogens (tertiary/aromatic N) is 3. The Labute approximate surface area is 175 Å². The van der Waals surface area contributed by atoms with Gasteiger partial charge < -0.3 is 15.0 Å². The van der Waals surface area contributed by atoms with Gasteiger partial charge in [-0.05, 0) is 50.5 Å². The zero-order chi connectivity index (χ0) is 20.6. The third-order valence-corrected chi connectivity index (χ3v) is 5.23. The van der Waals surface area contributed by atoms with Crippen molar-refractivity contribution < 1.29 is 9.53 Å². The molecule has 3 rings (SSSR count). The van der Waals surface area contributed by atoms with E-state index in [1.165, 1.54) is 10.7 Å². The molecule has 0 atom stereocenters. The van der Waals surface area contributed by atoms with Gasteiger partial charge in [0.1, 0.15) is 5.82 Å². The summed E-state index contributed by atoms with van der Waals surface area (Å²) in [6, 6.07) is 10.3. The Kier molecular flexibility index (Phi) is 7.66. The zero-order valence-corrected chi connectivity index (χ0v) is 17.4. The van der Waals surface area contributed by atoms with Gasteiger partial charge in [-0.15, -0.1) is 5.10 Å². The van der Waals surface area contributed by atoms with Gasteiger partial charge in [0.15, 0.2) is 0 Å². The van der Waals surface area contributed by atoms with Crippen LogP contribution in [-0.4, -0.2) is 48.5 Å². The van der Waals surface area contributed by atoms with Crippen LogP contribution in [0.2, 0.25) is 5.02 Å². The fraction of sp³-hybridized carbons (Fsp3) is 0.476. The van der Waals surface area contributed by atoms with E-state index in [2.05, 4.69) is 15.3 Å². The van der Waals surface area contributed by atoms with Crippen molar-refractivity contribution in [1.82, 2.24) is 15.1 Å². The van der Waals surface area contributed by atoms with Gasteiger partial charge in [-0.1, -0.05) is 17.7 Å². The third-order valence-electron chi connectivity index (χ3n) is 5.00. The summed E-state index contributed by atoms with van der Waals surface area (Å²) in [7, 11) is 0. The van der Waals surface area contributed by atoms with Gasteiger partial charge in [0.05, 0.1) is 5.69 Å².